The molecule has 182 valence electrons. The molecule has 1 aliphatic rings. The van der Waals surface area contributed by atoms with Crippen LogP contribution in [0.1, 0.15) is 12.8 Å². The molecule has 0 spiro atoms. The van der Waals surface area contributed by atoms with Gasteiger partial charge in [-0.2, -0.15) is 0 Å². The van der Waals surface area contributed by atoms with E-state index < -0.39 is 21.8 Å². The van der Waals surface area contributed by atoms with Gasteiger partial charge >= 0.3 is 0 Å². The lowest BCUT2D eigenvalue weighted by molar-refractivity contribution is -0.121. The average molecular weight is 517 g/mol. The molecule has 3 aromatic carbocycles. The molecule has 0 unspecified atom stereocenters. The van der Waals surface area contributed by atoms with Gasteiger partial charge in [-0.15, -0.1) is 0 Å². The fourth-order valence-corrected chi connectivity index (χ4v) is 4.78. The van der Waals surface area contributed by atoms with Gasteiger partial charge in [0, 0.05) is 23.9 Å². The molecule has 0 radical (unpaired) electrons. The van der Waals surface area contributed by atoms with Gasteiger partial charge in [0.1, 0.15) is 17.2 Å². The molecule has 4 rings (SSSR count). The second-order valence-electron chi connectivity index (χ2n) is 7.48. The molecule has 0 saturated carbocycles. The van der Waals surface area contributed by atoms with E-state index in [1.807, 2.05) is 0 Å². The first-order chi connectivity index (χ1) is 16.7. The van der Waals surface area contributed by atoms with Crippen molar-refractivity contribution < 1.29 is 32.2 Å². The van der Waals surface area contributed by atoms with Crippen molar-refractivity contribution in [1.82, 2.24) is 0 Å². The van der Waals surface area contributed by atoms with Gasteiger partial charge < -0.3 is 14.2 Å². The number of methoxy groups -OCH3 is 2. The third-order valence-electron chi connectivity index (χ3n) is 5.21. The number of carbonyl (C=O) groups is 2. The van der Waals surface area contributed by atoms with E-state index in [-0.39, 0.29) is 45.6 Å². The molecule has 1 heterocycles. The molecule has 2 amide bonds. The fourth-order valence-electron chi connectivity index (χ4n) is 3.52. The van der Waals surface area contributed by atoms with Crippen molar-refractivity contribution in [2.45, 2.75) is 17.7 Å². The maximum absolute atomic E-state index is 13.3. The van der Waals surface area contributed by atoms with Gasteiger partial charge in [0.15, 0.2) is 5.75 Å². The summed E-state index contributed by atoms with van der Waals surface area (Å²) in [4.78, 5) is 25.3. The summed E-state index contributed by atoms with van der Waals surface area (Å²) in [5.74, 6) is 0.515. The van der Waals surface area contributed by atoms with E-state index in [1.165, 1.54) is 44.6 Å². The van der Waals surface area contributed by atoms with Crippen LogP contribution in [0.25, 0.3) is 0 Å². The molecule has 0 bridgehead atoms. The van der Waals surface area contributed by atoms with Crippen molar-refractivity contribution in [3.8, 4) is 23.0 Å². The van der Waals surface area contributed by atoms with Crippen LogP contribution >= 0.6 is 11.6 Å². The zero-order valence-electron chi connectivity index (χ0n) is 18.8. The zero-order valence-corrected chi connectivity index (χ0v) is 20.4. The van der Waals surface area contributed by atoms with Crippen LogP contribution in [0.3, 0.4) is 0 Å². The van der Waals surface area contributed by atoms with Crippen LogP contribution in [0.5, 0.6) is 23.0 Å². The Balaban J connectivity index is 1.69. The highest BCUT2D eigenvalue weighted by Crippen LogP contribution is 2.37. The third kappa shape index (κ3) is 5.18. The number of rotatable bonds is 8. The second kappa shape index (κ2) is 9.85. The number of ether oxygens (including phenoxy) is 3. The van der Waals surface area contributed by atoms with Gasteiger partial charge in [0.05, 0.1) is 30.5 Å². The summed E-state index contributed by atoms with van der Waals surface area (Å²) in [6.07, 6.45) is 0.0927. The van der Waals surface area contributed by atoms with Gasteiger partial charge in [0.2, 0.25) is 11.8 Å². The smallest absolute Gasteiger partial charge is 0.262 e. The molecule has 0 aromatic heterocycles. The number of hydrogen-bond donors (Lipinski definition) is 1. The number of nitrogens with one attached hydrogen (secondary N) is 1. The minimum atomic E-state index is -4.19. The molecular weight excluding hydrogens is 496 g/mol. The SMILES string of the molecule is COc1cccc(Oc2ccc(Cl)cc2NS(=O)(=O)c2ccc(OC)c(N3C(=O)CCC3=O)c2)c1. The van der Waals surface area contributed by atoms with Crippen molar-refractivity contribution in [2.75, 3.05) is 23.8 Å². The zero-order chi connectivity index (χ0) is 25.2. The molecular formula is C24H21ClN2O7S. The van der Waals surface area contributed by atoms with Crippen LogP contribution in [0, 0.1) is 0 Å². The molecule has 0 atom stereocenters. The number of nitrogens with zero attached hydrogens (tertiary/aromatic N) is 1. The minimum absolute atomic E-state index is 0.0463. The summed E-state index contributed by atoms with van der Waals surface area (Å²) < 4.78 is 45.4. The van der Waals surface area contributed by atoms with Crippen LogP contribution in [0.15, 0.2) is 65.6 Å². The van der Waals surface area contributed by atoms with Crippen molar-refractivity contribution in [2.24, 2.45) is 0 Å². The molecule has 1 N–H and O–H groups in total. The molecule has 0 aliphatic carbocycles. The normalized spacial score (nSPS) is 13.6. The summed E-state index contributed by atoms with van der Waals surface area (Å²) in [5.41, 5.74) is 0.146. The van der Waals surface area contributed by atoms with Crippen LogP contribution in [0.4, 0.5) is 11.4 Å². The number of carbonyl (C=O) groups excluding carboxylic acids is 2. The van der Waals surface area contributed by atoms with Crippen LogP contribution in [0.2, 0.25) is 5.02 Å². The summed E-state index contributed by atoms with van der Waals surface area (Å²) in [5, 5.41) is 0.282. The van der Waals surface area contributed by atoms with E-state index in [2.05, 4.69) is 4.72 Å². The number of imide groups is 1. The van der Waals surface area contributed by atoms with E-state index in [0.717, 1.165) is 4.90 Å². The van der Waals surface area contributed by atoms with Crippen LogP contribution < -0.4 is 23.8 Å². The topological polar surface area (TPSA) is 111 Å². The van der Waals surface area contributed by atoms with Crippen molar-refractivity contribution >= 4 is 44.8 Å². The van der Waals surface area contributed by atoms with Crippen molar-refractivity contribution in [3.05, 3.63) is 65.7 Å². The summed E-state index contributed by atoms with van der Waals surface area (Å²) in [7, 11) is -1.30. The lowest BCUT2D eigenvalue weighted by Crippen LogP contribution is -2.29. The number of halogens is 1. The first-order valence-corrected chi connectivity index (χ1v) is 12.3. The lowest BCUT2D eigenvalue weighted by Gasteiger charge is -2.19. The monoisotopic (exact) mass is 516 g/mol. The van der Waals surface area contributed by atoms with E-state index in [4.69, 9.17) is 25.8 Å². The number of amides is 2. The van der Waals surface area contributed by atoms with Crippen molar-refractivity contribution in [1.29, 1.82) is 0 Å². The van der Waals surface area contributed by atoms with Crippen molar-refractivity contribution in [3.63, 3.8) is 0 Å². The first kappa shape index (κ1) is 24.4. The van der Waals surface area contributed by atoms with Gasteiger partial charge in [-0.25, -0.2) is 13.3 Å². The fraction of sp³-hybridized carbons (Fsp3) is 0.167. The predicted molar refractivity (Wildman–Crippen MR) is 130 cm³/mol. The third-order valence-corrected chi connectivity index (χ3v) is 6.81. The Morgan fingerprint density at radius 3 is 2.23 bits per heavy atom. The summed E-state index contributed by atoms with van der Waals surface area (Å²) in [6, 6.07) is 15.2. The highest BCUT2D eigenvalue weighted by molar-refractivity contribution is 7.92. The quantitative estimate of drug-likeness (QED) is 0.435. The molecule has 1 fully saturated rings. The molecule has 1 aliphatic heterocycles. The van der Waals surface area contributed by atoms with E-state index >= 15 is 0 Å². The minimum Gasteiger partial charge on any atom is -0.497 e. The predicted octanol–water partition coefficient (Wildman–Crippen LogP) is 4.60. The Bertz CT molecular complexity index is 1390. The average Bonchev–Trinajstić information content (AvgIpc) is 3.17. The Morgan fingerprint density at radius 2 is 1.54 bits per heavy atom. The molecule has 9 nitrogen and oxygen atoms in total. The Hall–Kier alpha value is -3.76. The van der Waals surface area contributed by atoms with E-state index in [1.54, 1.807) is 30.3 Å². The van der Waals surface area contributed by atoms with Gasteiger partial charge in [-0.1, -0.05) is 17.7 Å². The van der Waals surface area contributed by atoms with Crippen LogP contribution in [-0.4, -0.2) is 34.5 Å². The lowest BCUT2D eigenvalue weighted by atomic mass is 10.2. The maximum atomic E-state index is 13.3. The number of benzene rings is 3. The Kier molecular flexibility index (Phi) is 6.86. The molecule has 3 aromatic rings. The van der Waals surface area contributed by atoms with Gasteiger partial charge in [-0.05, 0) is 48.5 Å². The second-order valence-corrected chi connectivity index (χ2v) is 9.60. The molecule has 1 saturated heterocycles. The molecule has 11 heteroatoms. The number of hydrogen-bond acceptors (Lipinski definition) is 7. The number of anilines is 2. The maximum Gasteiger partial charge on any atom is 0.262 e. The Morgan fingerprint density at radius 1 is 0.857 bits per heavy atom. The van der Waals surface area contributed by atoms with Gasteiger partial charge in [0.25, 0.3) is 10.0 Å². The van der Waals surface area contributed by atoms with Gasteiger partial charge in [-0.3, -0.25) is 14.3 Å². The first-order valence-electron chi connectivity index (χ1n) is 10.4. The highest BCUT2D eigenvalue weighted by atomic mass is 35.5. The largest absolute Gasteiger partial charge is 0.497 e. The standard InChI is InChI=1S/C24H21ClN2O7S/c1-32-16-4-3-5-17(13-16)34-21-8-6-15(25)12-19(21)26-35(30,31)18-7-9-22(33-2)20(14-18)27-23(28)10-11-24(27)29/h3-9,12-14,26H,10-11H2,1-2H3. The molecule has 35 heavy (non-hydrogen) atoms. The summed E-state index contributed by atoms with van der Waals surface area (Å²) >= 11 is 6.12. The van der Waals surface area contributed by atoms with Crippen LogP contribution in [-0.2, 0) is 19.6 Å². The van der Waals surface area contributed by atoms with E-state index in [0.29, 0.717) is 11.5 Å². The number of sulfonamides is 1. The Labute approximate surface area is 207 Å². The highest BCUT2D eigenvalue weighted by Gasteiger charge is 2.33. The van der Waals surface area contributed by atoms with E-state index in [9.17, 15) is 18.0 Å². The summed E-state index contributed by atoms with van der Waals surface area (Å²) in [6.45, 7) is 0.